The number of benzene rings is 3. The molecule has 0 aromatic heterocycles. The highest BCUT2D eigenvalue weighted by molar-refractivity contribution is 7.92. The molecule has 1 N–H and O–H groups in total. The fourth-order valence-electron chi connectivity index (χ4n) is 4.13. The first-order valence-corrected chi connectivity index (χ1v) is 14.9. The minimum atomic E-state index is -4.18. The van der Waals surface area contributed by atoms with Crippen LogP contribution in [-0.2, 0) is 26.2 Å². The predicted octanol–water partition coefficient (Wildman–Crippen LogP) is 5.18. The van der Waals surface area contributed by atoms with Gasteiger partial charge in [-0.05, 0) is 88.7 Å². The van der Waals surface area contributed by atoms with Crippen molar-refractivity contribution in [2.75, 3.05) is 17.5 Å². The lowest BCUT2D eigenvalue weighted by Gasteiger charge is -2.32. The number of nitrogens with one attached hydrogen (secondary N) is 1. The smallest absolute Gasteiger partial charge is 0.264 e. The third-order valence-corrected chi connectivity index (χ3v) is 8.19. The average Bonchev–Trinajstić information content (AvgIpc) is 2.90. The molecular formula is C30H36ClN3O5S. The number of amides is 2. The number of nitrogens with zero attached hydrogens (tertiary/aromatic N) is 2. The molecule has 0 spiro atoms. The van der Waals surface area contributed by atoms with Gasteiger partial charge in [0.15, 0.2) is 0 Å². The number of carbonyl (C=O) groups excluding carboxylic acids is 2. The lowest BCUT2D eigenvalue weighted by molar-refractivity contribution is -0.139. The van der Waals surface area contributed by atoms with Crippen LogP contribution < -0.4 is 14.4 Å². The molecule has 0 fully saturated rings. The van der Waals surface area contributed by atoms with Crippen molar-refractivity contribution in [2.45, 2.75) is 58.1 Å². The Hall–Kier alpha value is -3.56. The maximum Gasteiger partial charge on any atom is 0.264 e. The predicted molar refractivity (Wildman–Crippen MR) is 158 cm³/mol. The summed E-state index contributed by atoms with van der Waals surface area (Å²) in [4.78, 5) is 28.3. The van der Waals surface area contributed by atoms with E-state index >= 15 is 0 Å². The van der Waals surface area contributed by atoms with Crippen LogP contribution in [0.15, 0.2) is 77.7 Å². The second-order valence-corrected chi connectivity index (χ2v) is 12.0. The topological polar surface area (TPSA) is 96.0 Å². The Morgan fingerprint density at radius 1 is 0.975 bits per heavy atom. The Labute approximate surface area is 241 Å². The van der Waals surface area contributed by atoms with E-state index in [4.69, 9.17) is 16.3 Å². The van der Waals surface area contributed by atoms with Gasteiger partial charge >= 0.3 is 0 Å². The van der Waals surface area contributed by atoms with Gasteiger partial charge in [0.1, 0.15) is 18.3 Å². The third-order valence-electron chi connectivity index (χ3n) is 6.15. The van der Waals surface area contributed by atoms with Crippen LogP contribution in [0.2, 0.25) is 5.02 Å². The van der Waals surface area contributed by atoms with E-state index in [9.17, 15) is 18.0 Å². The molecule has 40 heavy (non-hydrogen) atoms. The largest absolute Gasteiger partial charge is 0.494 e. The minimum Gasteiger partial charge on any atom is -0.494 e. The van der Waals surface area contributed by atoms with Crippen molar-refractivity contribution in [1.29, 1.82) is 0 Å². The molecule has 8 nitrogen and oxygen atoms in total. The van der Waals surface area contributed by atoms with Gasteiger partial charge in [0, 0.05) is 17.6 Å². The molecule has 0 saturated heterocycles. The highest BCUT2D eigenvalue weighted by Gasteiger charge is 2.32. The molecule has 3 aromatic carbocycles. The van der Waals surface area contributed by atoms with Gasteiger partial charge in [-0.3, -0.25) is 13.9 Å². The third kappa shape index (κ3) is 7.99. The molecule has 10 heteroatoms. The number of halogens is 1. The van der Waals surface area contributed by atoms with Crippen LogP contribution in [0.3, 0.4) is 0 Å². The second-order valence-electron chi connectivity index (χ2n) is 9.74. The maximum absolute atomic E-state index is 13.9. The molecular weight excluding hydrogens is 550 g/mol. The Kier molecular flexibility index (Phi) is 10.6. The average molecular weight is 586 g/mol. The molecule has 0 aliphatic heterocycles. The van der Waals surface area contributed by atoms with Gasteiger partial charge in [-0.25, -0.2) is 8.42 Å². The summed E-state index contributed by atoms with van der Waals surface area (Å²) in [6, 6.07) is 18.9. The Bertz CT molecular complexity index is 1410. The summed E-state index contributed by atoms with van der Waals surface area (Å²) in [5.41, 5.74) is 2.11. The van der Waals surface area contributed by atoms with Crippen molar-refractivity contribution in [3.63, 3.8) is 0 Å². The van der Waals surface area contributed by atoms with E-state index in [0.717, 1.165) is 15.4 Å². The summed E-state index contributed by atoms with van der Waals surface area (Å²) in [5.74, 6) is -0.287. The van der Waals surface area contributed by atoms with E-state index in [-0.39, 0.29) is 29.1 Å². The summed E-state index contributed by atoms with van der Waals surface area (Å²) in [6.07, 6.45) is 0. The number of anilines is 1. The van der Waals surface area contributed by atoms with E-state index in [1.54, 1.807) is 31.2 Å². The minimum absolute atomic E-state index is 0.0191. The number of rotatable bonds is 12. The lowest BCUT2D eigenvalue weighted by Crippen LogP contribution is -2.52. The normalized spacial score (nSPS) is 12.1. The Balaban J connectivity index is 2.03. The second kappa shape index (κ2) is 13.7. The SMILES string of the molecule is CCOc1ccc(N(CC(=O)N(Cc2cccc(C)c2)C(C)C(=O)NC(C)C)S(=O)(=O)c2ccc(Cl)cc2)cc1. The van der Waals surface area contributed by atoms with Gasteiger partial charge in [-0.1, -0.05) is 41.4 Å². The summed E-state index contributed by atoms with van der Waals surface area (Å²) in [7, 11) is -4.18. The maximum atomic E-state index is 13.9. The summed E-state index contributed by atoms with van der Waals surface area (Å²) >= 11 is 6.00. The molecule has 0 radical (unpaired) electrons. The van der Waals surface area contributed by atoms with Gasteiger partial charge in [0.25, 0.3) is 10.0 Å². The van der Waals surface area contributed by atoms with Crippen LogP contribution in [0, 0.1) is 6.92 Å². The van der Waals surface area contributed by atoms with Gasteiger partial charge < -0.3 is 15.0 Å². The number of hydrogen-bond donors (Lipinski definition) is 1. The van der Waals surface area contributed by atoms with Crippen molar-refractivity contribution in [2.24, 2.45) is 0 Å². The quantitative estimate of drug-likeness (QED) is 0.316. The van der Waals surface area contributed by atoms with Crippen molar-refractivity contribution in [1.82, 2.24) is 10.2 Å². The summed E-state index contributed by atoms with van der Waals surface area (Å²) in [6.45, 7) is 9.16. The molecule has 214 valence electrons. The summed E-state index contributed by atoms with van der Waals surface area (Å²) < 4.78 is 34.3. The molecule has 1 unspecified atom stereocenters. The number of sulfonamides is 1. The van der Waals surface area contributed by atoms with Crippen molar-refractivity contribution < 1.29 is 22.7 Å². The molecule has 2 amide bonds. The van der Waals surface area contributed by atoms with E-state index in [1.165, 1.54) is 29.2 Å². The Morgan fingerprint density at radius 2 is 1.62 bits per heavy atom. The monoisotopic (exact) mass is 585 g/mol. The van der Waals surface area contributed by atoms with Gasteiger partial charge in [0.05, 0.1) is 17.2 Å². The number of ether oxygens (including phenoxy) is 1. The van der Waals surface area contributed by atoms with Crippen molar-refractivity contribution in [3.05, 3.63) is 88.9 Å². The lowest BCUT2D eigenvalue weighted by atomic mass is 10.1. The van der Waals surface area contributed by atoms with E-state index in [0.29, 0.717) is 17.4 Å². The van der Waals surface area contributed by atoms with Crippen LogP contribution in [0.25, 0.3) is 0 Å². The molecule has 0 saturated carbocycles. The van der Waals surface area contributed by atoms with Crippen LogP contribution >= 0.6 is 11.6 Å². The van der Waals surface area contributed by atoms with Crippen molar-refractivity contribution in [3.8, 4) is 5.75 Å². The van der Waals surface area contributed by atoms with Gasteiger partial charge in [-0.15, -0.1) is 0 Å². The fourth-order valence-corrected chi connectivity index (χ4v) is 5.67. The zero-order valence-electron chi connectivity index (χ0n) is 23.4. The molecule has 3 aromatic rings. The highest BCUT2D eigenvalue weighted by atomic mass is 35.5. The zero-order valence-corrected chi connectivity index (χ0v) is 25.0. The van der Waals surface area contributed by atoms with Crippen LogP contribution in [-0.4, -0.2) is 50.4 Å². The number of hydrogen-bond acceptors (Lipinski definition) is 5. The molecule has 0 bridgehead atoms. The molecule has 3 rings (SSSR count). The van der Waals surface area contributed by atoms with Crippen LogP contribution in [0.5, 0.6) is 5.75 Å². The van der Waals surface area contributed by atoms with Gasteiger partial charge in [0.2, 0.25) is 11.8 Å². The zero-order chi connectivity index (χ0) is 29.4. The molecule has 0 heterocycles. The fraction of sp³-hybridized carbons (Fsp3) is 0.333. The van der Waals surface area contributed by atoms with E-state index < -0.39 is 28.5 Å². The van der Waals surface area contributed by atoms with Crippen molar-refractivity contribution >= 4 is 39.1 Å². The first-order valence-electron chi connectivity index (χ1n) is 13.1. The summed E-state index contributed by atoms with van der Waals surface area (Å²) in [5, 5.41) is 3.23. The number of carbonyl (C=O) groups is 2. The van der Waals surface area contributed by atoms with Gasteiger partial charge in [-0.2, -0.15) is 0 Å². The molecule has 0 aliphatic carbocycles. The van der Waals surface area contributed by atoms with E-state index in [1.807, 2.05) is 52.0 Å². The Morgan fingerprint density at radius 3 is 2.20 bits per heavy atom. The molecule has 1 atom stereocenters. The first kappa shape index (κ1) is 31.0. The van der Waals surface area contributed by atoms with E-state index in [2.05, 4.69) is 5.32 Å². The standard InChI is InChI=1S/C30H36ClN3O5S/c1-6-39-27-14-12-26(13-15-27)34(40(37,38)28-16-10-25(31)11-17-28)20-29(35)33(23(5)30(36)32-21(2)3)19-24-9-7-8-22(4)18-24/h7-18,21,23H,6,19-20H2,1-5H3,(H,32,36). The van der Waals surface area contributed by atoms with Crippen LogP contribution in [0.1, 0.15) is 38.8 Å². The first-order chi connectivity index (χ1) is 18.9. The van der Waals surface area contributed by atoms with Crippen LogP contribution in [0.4, 0.5) is 5.69 Å². The molecule has 0 aliphatic rings. The number of aryl methyl sites for hydroxylation is 1. The highest BCUT2D eigenvalue weighted by Crippen LogP contribution is 2.27.